The lowest BCUT2D eigenvalue weighted by molar-refractivity contribution is -0.122. The van der Waals surface area contributed by atoms with Crippen molar-refractivity contribution in [2.24, 2.45) is 5.92 Å². The predicted molar refractivity (Wildman–Crippen MR) is 97.6 cm³/mol. The minimum absolute atomic E-state index is 0.150. The lowest BCUT2D eigenvalue weighted by Gasteiger charge is -2.18. The Morgan fingerprint density at radius 1 is 1.08 bits per heavy atom. The van der Waals surface area contributed by atoms with E-state index in [2.05, 4.69) is 5.32 Å². The van der Waals surface area contributed by atoms with Crippen molar-refractivity contribution in [3.63, 3.8) is 0 Å². The zero-order chi connectivity index (χ0) is 17.8. The molecule has 2 atom stereocenters. The number of hydrogen-bond donors (Lipinski definition) is 2. The molecular formula is C20H22N2O3. The molecule has 0 bridgehead atoms. The first kappa shape index (κ1) is 17.2. The Hall–Kier alpha value is -2.66. The maximum Gasteiger partial charge on any atom is 0.258 e. The van der Waals surface area contributed by atoms with Crippen LogP contribution in [0.5, 0.6) is 0 Å². The van der Waals surface area contributed by atoms with Gasteiger partial charge in [0.15, 0.2) is 0 Å². The van der Waals surface area contributed by atoms with Crippen molar-refractivity contribution in [3.8, 4) is 0 Å². The van der Waals surface area contributed by atoms with E-state index >= 15 is 0 Å². The van der Waals surface area contributed by atoms with Gasteiger partial charge in [-0.25, -0.2) is 0 Å². The van der Waals surface area contributed by atoms with Crippen LogP contribution in [0.3, 0.4) is 0 Å². The molecule has 2 N–H and O–H groups in total. The minimum Gasteiger partial charge on any atom is -0.392 e. The molecule has 3 rings (SSSR count). The fourth-order valence-corrected chi connectivity index (χ4v) is 3.17. The molecule has 2 unspecified atom stereocenters. The Balaban J connectivity index is 1.73. The Bertz CT molecular complexity index is 761. The Labute approximate surface area is 147 Å². The molecule has 1 aliphatic carbocycles. The van der Waals surface area contributed by atoms with Crippen molar-refractivity contribution in [2.75, 3.05) is 17.3 Å². The lowest BCUT2D eigenvalue weighted by Crippen LogP contribution is -2.29. The van der Waals surface area contributed by atoms with Crippen molar-refractivity contribution in [1.82, 2.24) is 0 Å². The minimum atomic E-state index is -0.575. The summed E-state index contributed by atoms with van der Waals surface area (Å²) in [7, 11) is 1.72. The molecule has 5 nitrogen and oxygen atoms in total. The Kier molecular flexibility index (Phi) is 5.14. The molecule has 1 aliphatic rings. The summed E-state index contributed by atoms with van der Waals surface area (Å²) in [5, 5.41) is 12.7. The van der Waals surface area contributed by atoms with Gasteiger partial charge in [0.1, 0.15) is 0 Å². The second kappa shape index (κ2) is 7.49. The smallest absolute Gasteiger partial charge is 0.258 e. The van der Waals surface area contributed by atoms with E-state index in [4.69, 9.17) is 0 Å². The monoisotopic (exact) mass is 338 g/mol. The first-order valence-corrected chi connectivity index (χ1v) is 8.48. The molecule has 0 heterocycles. The highest BCUT2D eigenvalue weighted by Crippen LogP contribution is 2.27. The van der Waals surface area contributed by atoms with Crippen molar-refractivity contribution >= 4 is 23.2 Å². The predicted octanol–water partition coefficient (Wildman–Crippen LogP) is 3.06. The van der Waals surface area contributed by atoms with Crippen molar-refractivity contribution in [3.05, 3.63) is 60.2 Å². The number of hydrogen-bond acceptors (Lipinski definition) is 3. The van der Waals surface area contributed by atoms with Crippen LogP contribution in [0.1, 0.15) is 29.6 Å². The third-order valence-corrected chi connectivity index (χ3v) is 4.64. The summed E-state index contributed by atoms with van der Waals surface area (Å²) in [5.74, 6) is -0.708. The average molecular weight is 338 g/mol. The maximum atomic E-state index is 12.7. The maximum absolute atomic E-state index is 12.7. The lowest BCUT2D eigenvalue weighted by atomic mass is 10.0. The van der Waals surface area contributed by atoms with E-state index in [0.717, 1.165) is 12.1 Å². The summed E-state index contributed by atoms with van der Waals surface area (Å²) in [5.41, 5.74) is 1.86. The van der Waals surface area contributed by atoms with Crippen LogP contribution < -0.4 is 10.2 Å². The number of carbonyl (C=O) groups is 2. The fraction of sp³-hybridized carbons (Fsp3) is 0.300. The molecule has 0 aliphatic heterocycles. The van der Waals surface area contributed by atoms with Crippen molar-refractivity contribution in [1.29, 1.82) is 0 Å². The molecule has 5 heteroatoms. The van der Waals surface area contributed by atoms with Crippen molar-refractivity contribution < 1.29 is 14.7 Å². The van der Waals surface area contributed by atoms with Gasteiger partial charge in [-0.15, -0.1) is 0 Å². The van der Waals surface area contributed by atoms with Gasteiger partial charge in [0.05, 0.1) is 12.0 Å². The van der Waals surface area contributed by atoms with Gasteiger partial charge in [-0.2, -0.15) is 0 Å². The average Bonchev–Trinajstić information content (AvgIpc) is 3.07. The Morgan fingerprint density at radius 2 is 1.84 bits per heavy atom. The van der Waals surface area contributed by atoms with E-state index in [1.165, 1.54) is 0 Å². The van der Waals surface area contributed by atoms with Gasteiger partial charge >= 0.3 is 0 Å². The van der Waals surface area contributed by atoms with Crippen molar-refractivity contribution in [2.45, 2.75) is 25.4 Å². The van der Waals surface area contributed by atoms with E-state index in [1.54, 1.807) is 36.2 Å². The normalized spacial score (nSPS) is 19.4. The first-order chi connectivity index (χ1) is 12.1. The summed E-state index contributed by atoms with van der Waals surface area (Å²) >= 11 is 0. The molecule has 130 valence electrons. The highest BCUT2D eigenvalue weighted by molar-refractivity contribution is 6.06. The van der Waals surface area contributed by atoms with Gasteiger partial charge in [-0.3, -0.25) is 9.59 Å². The zero-order valence-electron chi connectivity index (χ0n) is 14.2. The van der Waals surface area contributed by atoms with E-state index in [0.29, 0.717) is 24.1 Å². The Morgan fingerprint density at radius 3 is 2.52 bits per heavy atom. The standard InChI is InChI=1S/C20H22N2O3/c1-22(16-9-3-2-4-10-16)20(25)14-7-5-8-15(13-14)21-19(24)17-11-6-12-18(17)23/h2-5,7-10,13,17-18,23H,6,11-12H2,1H3,(H,21,24). The number of anilines is 2. The van der Waals surface area contributed by atoms with Crippen LogP contribution >= 0.6 is 0 Å². The number of carbonyl (C=O) groups excluding carboxylic acids is 2. The number of aliphatic hydroxyl groups is 1. The van der Waals surface area contributed by atoms with E-state index in [9.17, 15) is 14.7 Å². The second-order valence-electron chi connectivity index (χ2n) is 6.37. The molecule has 2 amide bonds. The molecule has 0 spiro atoms. The summed E-state index contributed by atoms with van der Waals surface area (Å²) in [6.45, 7) is 0. The topological polar surface area (TPSA) is 69.6 Å². The molecule has 2 aromatic carbocycles. The molecular weight excluding hydrogens is 316 g/mol. The number of benzene rings is 2. The van der Waals surface area contributed by atoms with E-state index < -0.39 is 6.10 Å². The summed E-state index contributed by atoms with van der Waals surface area (Å²) in [4.78, 5) is 26.5. The largest absolute Gasteiger partial charge is 0.392 e. The number of aliphatic hydroxyl groups excluding tert-OH is 1. The number of nitrogens with one attached hydrogen (secondary N) is 1. The van der Waals surface area contributed by atoms with Crippen LogP contribution in [0, 0.1) is 5.92 Å². The van der Waals surface area contributed by atoms with Gasteiger partial charge in [-0.1, -0.05) is 24.3 Å². The van der Waals surface area contributed by atoms with Crippen LogP contribution in [-0.4, -0.2) is 30.1 Å². The summed E-state index contributed by atoms with van der Waals surface area (Å²) in [6.07, 6.45) is 1.65. The van der Waals surface area contributed by atoms with E-state index in [-0.39, 0.29) is 17.7 Å². The van der Waals surface area contributed by atoms with Crippen LogP contribution in [-0.2, 0) is 4.79 Å². The third kappa shape index (κ3) is 3.88. The summed E-state index contributed by atoms with van der Waals surface area (Å²) in [6, 6.07) is 16.3. The molecule has 25 heavy (non-hydrogen) atoms. The number of rotatable bonds is 4. The molecule has 0 radical (unpaired) electrons. The van der Waals surface area contributed by atoms with Crippen LogP contribution in [0.25, 0.3) is 0 Å². The molecule has 0 saturated heterocycles. The van der Waals surface area contributed by atoms with Gasteiger partial charge in [0.2, 0.25) is 5.91 Å². The fourth-order valence-electron chi connectivity index (χ4n) is 3.17. The number of para-hydroxylation sites is 1. The SMILES string of the molecule is CN(C(=O)c1cccc(NC(=O)C2CCCC2O)c1)c1ccccc1. The van der Waals surface area contributed by atoms with Crippen LogP contribution in [0.4, 0.5) is 11.4 Å². The molecule has 2 aromatic rings. The highest BCUT2D eigenvalue weighted by atomic mass is 16.3. The quantitative estimate of drug-likeness (QED) is 0.900. The zero-order valence-corrected chi connectivity index (χ0v) is 14.2. The van der Waals surface area contributed by atoms with Gasteiger partial charge in [0, 0.05) is 24.0 Å². The van der Waals surface area contributed by atoms with Crippen LogP contribution in [0.2, 0.25) is 0 Å². The van der Waals surface area contributed by atoms with E-state index in [1.807, 2.05) is 30.3 Å². The molecule has 1 fully saturated rings. The second-order valence-corrected chi connectivity index (χ2v) is 6.37. The number of nitrogens with zero attached hydrogens (tertiary/aromatic N) is 1. The molecule has 0 aromatic heterocycles. The molecule has 1 saturated carbocycles. The van der Waals surface area contributed by atoms with Gasteiger partial charge in [-0.05, 0) is 49.6 Å². The van der Waals surface area contributed by atoms with Crippen LogP contribution in [0.15, 0.2) is 54.6 Å². The van der Waals surface area contributed by atoms with Gasteiger partial charge < -0.3 is 15.3 Å². The number of amides is 2. The first-order valence-electron chi connectivity index (χ1n) is 8.48. The highest BCUT2D eigenvalue weighted by Gasteiger charge is 2.31. The third-order valence-electron chi connectivity index (χ3n) is 4.64. The van der Waals surface area contributed by atoms with Gasteiger partial charge in [0.25, 0.3) is 5.91 Å². The summed E-state index contributed by atoms with van der Waals surface area (Å²) < 4.78 is 0.